The summed E-state index contributed by atoms with van der Waals surface area (Å²) in [4.78, 5) is 29.7. The molecule has 1 N–H and O–H groups in total. The molecule has 5 heteroatoms. The molecular weight excluding hydrogens is 362 g/mol. The summed E-state index contributed by atoms with van der Waals surface area (Å²) in [5.41, 5.74) is 4.22. The van der Waals surface area contributed by atoms with Crippen LogP contribution in [0, 0.1) is 6.92 Å². The third-order valence-corrected chi connectivity index (χ3v) is 4.85. The maximum atomic E-state index is 12.7. The molecular formula is C24H21N3O2. The first kappa shape index (κ1) is 18.6. The Morgan fingerprint density at radius 3 is 2.28 bits per heavy atom. The molecule has 0 spiro atoms. The average molecular weight is 383 g/mol. The van der Waals surface area contributed by atoms with E-state index in [-0.39, 0.29) is 11.5 Å². The summed E-state index contributed by atoms with van der Waals surface area (Å²) in [5, 5.41) is 2.93. The number of aryl methyl sites for hydroxylation is 1. The molecule has 1 aromatic heterocycles. The van der Waals surface area contributed by atoms with Crippen molar-refractivity contribution in [1.29, 1.82) is 0 Å². The van der Waals surface area contributed by atoms with Gasteiger partial charge in [-0.3, -0.25) is 9.59 Å². The van der Waals surface area contributed by atoms with Gasteiger partial charge in [0.05, 0.1) is 17.6 Å². The van der Waals surface area contributed by atoms with Crippen molar-refractivity contribution >= 4 is 16.9 Å². The van der Waals surface area contributed by atoms with Crippen LogP contribution in [0.25, 0.3) is 11.0 Å². The number of amides is 1. The van der Waals surface area contributed by atoms with Crippen molar-refractivity contribution in [2.45, 2.75) is 20.0 Å². The van der Waals surface area contributed by atoms with Crippen molar-refractivity contribution in [2.24, 2.45) is 0 Å². The van der Waals surface area contributed by atoms with E-state index in [1.165, 1.54) is 0 Å². The first-order valence-corrected chi connectivity index (χ1v) is 9.49. The third-order valence-electron chi connectivity index (χ3n) is 4.85. The summed E-state index contributed by atoms with van der Waals surface area (Å²) in [6, 6.07) is 24.8. The van der Waals surface area contributed by atoms with Gasteiger partial charge in [-0.25, -0.2) is 4.98 Å². The molecule has 0 fully saturated rings. The zero-order valence-electron chi connectivity index (χ0n) is 16.1. The van der Waals surface area contributed by atoms with Crippen LogP contribution in [0.15, 0.2) is 83.7 Å². The first-order chi connectivity index (χ1) is 14.1. The van der Waals surface area contributed by atoms with E-state index in [1.54, 1.807) is 29.7 Å². The Balaban J connectivity index is 1.64. The maximum Gasteiger partial charge on any atom is 0.272 e. The van der Waals surface area contributed by atoms with Crippen LogP contribution in [0.4, 0.5) is 0 Å². The minimum Gasteiger partial charge on any atom is -0.348 e. The van der Waals surface area contributed by atoms with Gasteiger partial charge < -0.3 is 9.88 Å². The third kappa shape index (κ3) is 4.09. The van der Waals surface area contributed by atoms with Crippen molar-refractivity contribution < 1.29 is 4.79 Å². The molecule has 144 valence electrons. The van der Waals surface area contributed by atoms with E-state index < -0.39 is 0 Å². The minimum atomic E-state index is -0.170. The lowest BCUT2D eigenvalue weighted by molar-refractivity contribution is 0.0951. The second-order valence-corrected chi connectivity index (χ2v) is 6.95. The fraction of sp³-hybridized carbons (Fsp3) is 0.125. The molecule has 4 rings (SSSR count). The second-order valence-electron chi connectivity index (χ2n) is 6.95. The SMILES string of the molecule is Cc1nc2cc(C(=O)NCc3ccccc3)ccc2n(Cc2ccccc2)c1=O. The number of fused-ring (bicyclic) bond motifs is 1. The molecule has 0 aliphatic heterocycles. The molecule has 1 amide bonds. The van der Waals surface area contributed by atoms with Gasteiger partial charge in [0.15, 0.2) is 0 Å². The molecule has 0 aliphatic rings. The van der Waals surface area contributed by atoms with E-state index in [0.29, 0.717) is 35.4 Å². The number of nitrogens with one attached hydrogen (secondary N) is 1. The van der Waals surface area contributed by atoms with Gasteiger partial charge in [0.25, 0.3) is 11.5 Å². The number of hydrogen-bond acceptors (Lipinski definition) is 3. The number of carbonyl (C=O) groups is 1. The van der Waals surface area contributed by atoms with Gasteiger partial charge in [-0.2, -0.15) is 0 Å². The van der Waals surface area contributed by atoms with Gasteiger partial charge in [-0.1, -0.05) is 60.7 Å². The summed E-state index contributed by atoms with van der Waals surface area (Å²) in [6.45, 7) is 2.61. The van der Waals surface area contributed by atoms with Crippen LogP contribution in [0.3, 0.4) is 0 Å². The van der Waals surface area contributed by atoms with Crippen LogP contribution in [0.5, 0.6) is 0 Å². The monoisotopic (exact) mass is 383 g/mol. The molecule has 3 aromatic carbocycles. The van der Waals surface area contributed by atoms with E-state index in [2.05, 4.69) is 10.3 Å². The Morgan fingerprint density at radius 2 is 1.59 bits per heavy atom. The van der Waals surface area contributed by atoms with Gasteiger partial charge >= 0.3 is 0 Å². The summed E-state index contributed by atoms with van der Waals surface area (Å²) in [6.07, 6.45) is 0. The number of hydrogen-bond donors (Lipinski definition) is 1. The molecule has 1 heterocycles. The highest BCUT2D eigenvalue weighted by Gasteiger charge is 2.12. The van der Waals surface area contributed by atoms with Crippen molar-refractivity contribution in [3.05, 3.63) is 112 Å². The van der Waals surface area contributed by atoms with Gasteiger partial charge in [-0.05, 0) is 36.2 Å². The van der Waals surface area contributed by atoms with Crippen LogP contribution in [0.2, 0.25) is 0 Å². The molecule has 0 unspecified atom stereocenters. The lowest BCUT2D eigenvalue weighted by Gasteiger charge is -2.12. The summed E-state index contributed by atoms with van der Waals surface area (Å²) >= 11 is 0. The highest BCUT2D eigenvalue weighted by molar-refractivity contribution is 5.97. The van der Waals surface area contributed by atoms with Crippen LogP contribution >= 0.6 is 0 Å². The van der Waals surface area contributed by atoms with E-state index >= 15 is 0 Å². The molecule has 29 heavy (non-hydrogen) atoms. The Bertz CT molecular complexity index is 1220. The zero-order valence-corrected chi connectivity index (χ0v) is 16.1. The fourth-order valence-electron chi connectivity index (χ4n) is 3.32. The topological polar surface area (TPSA) is 64.0 Å². The van der Waals surface area contributed by atoms with Crippen molar-refractivity contribution in [3.8, 4) is 0 Å². The Kier molecular flexibility index (Phi) is 5.20. The van der Waals surface area contributed by atoms with Gasteiger partial charge in [0, 0.05) is 12.1 Å². The van der Waals surface area contributed by atoms with Crippen LogP contribution in [0.1, 0.15) is 27.2 Å². The first-order valence-electron chi connectivity index (χ1n) is 9.49. The van der Waals surface area contributed by atoms with E-state index in [1.807, 2.05) is 60.7 Å². The molecule has 0 atom stereocenters. The highest BCUT2D eigenvalue weighted by Crippen LogP contribution is 2.15. The maximum absolute atomic E-state index is 12.7. The smallest absolute Gasteiger partial charge is 0.272 e. The van der Waals surface area contributed by atoms with Gasteiger partial charge in [0.2, 0.25) is 0 Å². The van der Waals surface area contributed by atoms with Gasteiger partial charge in [-0.15, -0.1) is 0 Å². The van der Waals surface area contributed by atoms with Crippen molar-refractivity contribution in [1.82, 2.24) is 14.9 Å². The predicted octanol–water partition coefficient (Wildman–Crippen LogP) is 3.68. The Hall–Kier alpha value is -3.73. The molecule has 0 radical (unpaired) electrons. The molecule has 0 saturated heterocycles. The lowest BCUT2D eigenvalue weighted by Crippen LogP contribution is -2.25. The number of aromatic nitrogens is 2. The summed E-state index contributed by atoms with van der Waals surface area (Å²) in [7, 11) is 0. The van der Waals surface area contributed by atoms with Crippen LogP contribution in [-0.2, 0) is 13.1 Å². The van der Waals surface area contributed by atoms with Crippen molar-refractivity contribution in [2.75, 3.05) is 0 Å². The normalized spacial score (nSPS) is 10.8. The number of benzene rings is 3. The van der Waals surface area contributed by atoms with Crippen LogP contribution in [-0.4, -0.2) is 15.5 Å². The Morgan fingerprint density at radius 1 is 0.931 bits per heavy atom. The lowest BCUT2D eigenvalue weighted by atomic mass is 10.1. The largest absolute Gasteiger partial charge is 0.348 e. The highest BCUT2D eigenvalue weighted by atomic mass is 16.1. The average Bonchev–Trinajstić information content (AvgIpc) is 2.76. The standard InChI is InChI=1S/C24H21N3O2/c1-17-24(29)27(16-19-10-6-3-7-11-19)22-13-12-20(14-21(22)26-17)23(28)25-15-18-8-4-2-5-9-18/h2-14H,15-16H2,1H3,(H,25,28). The molecule has 4 aromatic rings. The predicted molar refractivity (Wildman–Crippen MR) is 114 cm³/mol. The number of nitrogens with zero attached hydrogens (tertiary/aromatic N) is 2. The van der Waals surface area contributed by atoms with E-state index in [9.17, 15) is 9.59 Å². The number of carbonyl (C=O) groups excluding carboxylic acids is 1. The minimum absolute atomic E-state index is 0.123. The summed E-state index contributed by atoms with van der Waals surface area (Å²) in [5.74, 6) is -0.170. The number of rotatable bonds is 5. The molecule has 5 nitrogen and oxygen atoms in total. The fourth-order valence-corrected chi connectivity index (χ4v) is 3.32. The summed E-state index contributed by atoms with van der Waals surface area (Å²) < 4.78 is 1.71. The van der Waals surface area contributed by atoms with Crippen LogP contribution < -0.4 is 10.9 Å². The molecule has 0 bridgehead atoms. The van der Waals surface area contributed by atoms with E-state index in [4.69, 9.17) is 0 Å². The van der Waals surface area contributed by atoms with E-state index in [0.717, 1.165) is 11.1 Å². The zero-order chi connectivity index (χ0) is 20.2. The van der Waals surface area contributed by atoms with Crippen molar-refractivity contribution in [3.63, 3.8) is 0 Å². The van der Waals surface area contributed by atoms with Gasteiger partial charge in [0.1, 0.15) is 5.69 Å². The quantitative estimate of drug-likeness (QED) is 0.572. The Labute approximate surface area is 168 Å². The second kappa shape index (κ2) is 8.10. The molecule has 0 aliphatic carbocycles. The molecule has 0 saturated carbocycles.